The lowest BCUT2D eigenvalue weighted by atomic mass is 9.64. The fraction of sp³-hybridized carbons (Fsp3) is 0.0286. The van der Waals surface area contributed by atoms with Crippen LogP contribution in [0.15, 0.2) is 153 Å². The number of aromatic nitrogens is 2. The van der Waals surface area contributed by atoms with Crippen molar-refractivity contribution in [3.63, 3.8) is 0 Å². The topological polar surface area (TPSA) is 25.8 Å². The summed E-state index contributed by atoms with van der Waals surface area (Å²) in [5, 5.41) is 0. The molecule has 4 aromatic carbocycles. The molecule has 4 heterocycles. The largest absolute Gasteiger partial charge is 0.264 e. The fourth-order valence-electron chi connectivity index (χ4n) is 6.08. The first-order valence-electron chi connectivity index (χ1n) is 13.0. The van der Waals surface area contributed by atoms with Gasteiger partial charge in [-0.1, -0.05) is 96.3 Å². The standard InChI is InChI=1S/C35H22N2S2/c1-3-12-31-26(9-1)35(28-16-14-23(20-33(28)38-31)25-8-7-18-36-22-25)27-10-2-4-13-32(27)39-34-21-24(15-17-29(34)35)30-11-5-6-19-37-30/h1-22H. The lowest BCUT2D eigenvalue weighted by molar-refractivity contribution is 0.667. The van der Waals surface area contributed by atoms with E-state index in [1.807, 2.05) is 54.2 Å². The maximum Gasteiger partial charge on any atom is 0.0745 e. The Kier molecular flexibility index (Phi) is 5.25. The summed E-state index contributed by atoms with van der Waals surface area (Å²) in [6.07, 6.45) is 5.64. The Balaban J connectivity index is 1.44. The minimum absolute atomic E-state index is 0.412. The fourth-order valence-corrected chi connectivity index (χ4v) is 8.54. The van der Waals surface area contributed by atoms with Gasteiger partial charge in [-0.3, -0.25) is 9.97 Å². The third-order valence-corrected chi connectivity index (χ3v) is 10.0. The summed E-state index contributed by atoms with van der Waals surface area (Å²) in [7, 11) is 0. The van der Waals surface area contributed by atoms with Crippen LogP contribution in [0.1, 0.15) is 22.3 Å². The van der Waals surface area contributed by atoms with E-state index < -0.39 is 5.41 Å². The number of pyridine rings is 2. The van der Waals surface area contributed by atoms with Crippen molar-refractivity contribution in [3.8, 4) is 22.4 Å². The molecule has 1 unspecified atom stereocenters. The van der Waals surface area contributed by atoms with Gasteiger partial charge in [-0.2, -0.15) is 0 Å². The first-order valence-corrected chi connectivity index (χ1v) is 14.6. The number of benzene rings is 4. The van der Waals surface area contributed by atoms with Crippen molar-refractivity contribution in [1.29, 1.82) is 0 Å². The van der Waals surface area contributed by atoms with Crippen LogP contribution in [0, 0.1) is 0 Å². The van der Waals surface area contributed by atoms with Crippen LogP contribution in [0.3, 0.4) is 0 Å². The lowest BCUT2D eigenvalue weighted by Crippen LogP contribution is -2.36. The van der Waals surface area contributed by atoms with Gasteiger partial charge in [0.25, 0.3) is 0 Å². The van der Waals surface area contributed by atoms with Gasteiger partial charge in [-0.05, 0) is 70.3 Å². The predicted molar refractivity (Wildman–Crippen MR) is 159 cm³/mol. The first-order chi connectivity index (χ1) is 19.3. The maximum atomic E-state index is 4.64. The van der Waals surface area contributed by atoms with E-state index in [4.69, 9.17) is 0 Å². The van der Waals surface area contributed by atoms with Gasteiger partial charge >= 0.3 is 0 Å². The molecule has 8 rings (SSSR count). The molecule has 0 radical (unpaired) electrons. The second kappa shape index (κ2) is 8.98. The first kappa shape index (κ1) is 22.8. The number of hydrogen-bond donors (Lipinski definition) is 0. The molecule has 0 N–H and O–H groups in total. The van der Waals surface area contributed by atoms with Gasteiger partial charge in [0, 0.05) is 49.3 Å². The van der Waals surface area contributed by atoms with Crippen molar-refractivity contribution < 1.29 is 0 Å². The normalized spacial score (nSPS) is 16.6. The van der Waals surface area contributed by atoms with Crippen LogP contribution >= 0.6 is 23.5 Å². The average Bonchev–Trinajstić information content (AvgIpc) is 3.01. The van der Waals surface area contributed by atoms with Crippen molar-refractivity contribution in [3.05, 3.63) is 156 Å². The van der Waals surface area contributed by atoms with E-state index in [9.17, 15) is 0 Å². The summed E-state index contributed by atoms with van der Waals surface area (Å²) in [6, 6.07) is 42.0. The molecule has 0 aliphatic carbocycles. The number of nitrogens with zero attached hydrogens (tertiary/aromatic N) is 2. The summed E-state index contributed by atoms with van der Waals surface area (Å²) in [6.45, 7) is 0. The second-order valence-corrected chi connectivity index (χ2v) is 12.0. The van der Waals surface area contributed by atoms with Gasteiger partial charge in [0.05, 0.1) is 11.1 Å². The molecule has 2 aliphatic heterocycles. The van der Waals surface area contributed by atoms with E-state index in [1.54, 1.807) is 0 Å². The molecule has 1 spiro atoms. The highest BCUT2D eigenvalue weighted by Gasteiger charge is 2.48. The molecule has 4 heteroatoms. The average molecular weight is 535 g/mol. The molecular weight excluding hydrogens is 513 g/mol. The Morgan fingerprint density at radius 2 is 1.08 bits per heavy atom. The van der Waals surface area contributed by atoms with E-state index in [-0.39, 0.29) is 0 Å². The molecule has 0 saturated carbocycles. The van der Waals surface area contributed by atoms with Crippen LogP contribution in [-0.2, 0) is 5.41 Å². The highest BCUT2D eigenvalue weighted by molar-refractivity contribution is 8.00. The zero-order valence-corrected chi connectivity index (χ0v) is 22.5. The summed E-state index contributed by atoms with van der Waals surface area (Å²) in [4.78, 5) is 14.2. The van der Waals surface area contributed by atoms with Gasteiger partial charge in [0.1, 0.15) is 0 Å². The van der Waals surface area contributed by atoms with Crippen LogP contribution in [0.4, 0.5) is 0 Å². The highest BCUT2D eigenvalue weighted by Crippen LogP contribution is 2.62. The summed E-state index contributed by atoms with van der Waals surface area (Å²) in [5.41, 5.74) is 9.39. The maximum absolute atomic E-state index is 4.64. The van der Waals surface area contributed by atoms with Crippen molar-refractivity contribution in [2.75, 3.05) is 0 Å². The SMILES string of the molecule is c1ccc(-c2ccc3c(c2)Sc2ccccc2C32c3ccccc3Sc3cc(-c4cccnc4)ccc32)nc1. The molecule has 6 aromatic rings. The third-order valence-electron chi connectivity index (χ3n) is 7.75. The number of rotatable bonds is 2. The molecule has 2 aliphatic rings. The quantitative estimate of drug-likeness (QED) is 0.221. The lowest BCUT2D eigenvalue weighted by Gasteiger charge is -2.45. The molecule has 2 nitrogen and oxygen atoms in total. The van der Waals surface area contributed by atoms with Gasteiger partial charge in [-0.15, -0.1) is 0 Å². The third kappa shape index (κ3) is 3.45. The Labute approximate surface area is 236 Å². The van der Waals surface area contributed by atoms with Crippen LogP contribution in [0.25, 0.3) is 22.4 Å². The molecule has 1 atom stereocenters. The van der Waals surface area contributed by atoms with Crippen molar-refractivity contribution in [2.24, 2.45) is 0 Å². The molecule has 0 bridgehead atoms. The number of hydrogen-bond acceptors (Lipinski definition) is 4. The summed E-state index contributed by atoms with van der Waals surface area (Å²) < 4.78 is 0. The zero-order chi connectivity index (χ0) is 25.8. The Hall–Kier alpha value is -4.12. The Morgan fingerprint density at radius 1 is 0.462 bits per heavy atom. The van der Waals surface area contributed by atoms with Gasteiger partial charge in [0.2, 0.25) is 0 Å². The van der Waals surface area contributed by atoms with Crippen LogP contribution < -0.4 is 0 Å². The Bertz CT molecular complexity index is 1730. The molecule has 0 fully saturated rings. The molecule has 2 aromatic heterocycles. The van der Waals surface area contributed by atoms with Gasteiger partial charge in [0.15, 0.2) is 0 Å². The van der Waals surface area contributed by atoms with Gasteiger partial charge in [-0.25, -0.2) is 0 Å². The minimum atomic E-state index is -0.412. The van der Waals surface area contributed by atoms with Crippen LogP contribution in [0.2, 0.25) is 0 Å². The monoisotopic (exact) mass is 534 g/mol. The molecule has 184 valence electrons. The summed E-state index contributed by atoms with van der Waals surface area (Å²) >= 11 is 3.74. The Morgan fingerprint density at radius 3 is 1.72 bits per heavy atom. The molecule has 0 amide bonds. The highest BCUT2D eigenvalue weighted by atomic mass is 32.2. The van der Waals surface area contributed by atoms with Crippen LogP contribution in [-0.4, -0.2) is 9.97 Å². The second-order valence-electron chi connectivity index (χ2n) is 9.82. The van der Waals surface area contributed by atoms with Crippen molar-refractivity contribution in [1.82, 2.24) is 9.97 Å². The van der Waals surface area contributed by atoms with E-state index in [0.717, 1.165) is 16.8 Å². The van der Waals surface area contributed by atoms with Gasteiger partial charge < -0.3 is 0 Å². The van der Waals surface area contributed by atoms with E-state index in [1.165, 1.54) is 47.4 Å². The minimum Gasteiger partial charge on any atom is -0.264 e. The molecule has 0 saturated heterocycles. The van der Waals surface area contributed by atoms with Crippen LogP contribution in [0.5, 0.6) is 0 Å². The van der Waals surface area contributed by atoms with Crippen molar-refractivity contribution >= 4 is 23.5 Å². The van der Waals surface area contributed by atoms with E-state index in [2.05, 4.69) is 113 Å². The zero-order valence-electron chi connectivity index (χ0n) is 20.9. The predicted octanol–water partition coefficient (Wildman–Crippen LogP) is 9.12. The number of fused-ring (bicyclic) bond motifs is 8. The van der Waals surface area contributed by atoms with Crippen molar-refractivity contribution in [2.45, 2.75) is 25.0 Å². The summed E-state index contributed by atoms with van der Waals surface area (Å²) in [5.74, 6) is 0. The molecular formula is C35H22N2S2. The van der Waals surface area contributed by atoms with E-state index >= 15 is 0 Å². The smallest absolute Gasteiger partial charge is 0.0745 e. The van der Waals surface area contributed by atoms with E-state index in [0.29, 0.717) is 0 Å². The molecule has 39 heavy (non-hydrogen) atoms.